The number of ether oxygens (including phenoxy) is 3. The van der Waals surface area contributed by atoms with Gasteiger partial charge in [-0.1, -0.05) is 35.9 Å². The smallest absolute Gasteiger partial charge is 0.189 e. The predicted octanol–water partition coefficient (Wildman–Crippen LogP) is 5.97. The third-order valence-corrected chi connectivity index (χ3v) is 4.68. The maximum atomic E-state index is 13.2. The number of allylic oxidation sites excluding steroid dienone is 1. The standard InChI is InChI=1S/C24H20ClFO4/c1-28-22-11-8-16(7-10-21(27)19-5-3-4-6-23(19)29-2)13-17(22)15-30-24-12-9-18(26)14-20(24)25/h3-14H,15H2,1-2H3/b10-7+. The number of hydrogen-bond acceptors (Lipinski definition) is 4. The molecule has 0 aromatic heterocycles. The number of carbonyl (C=O) groups is 1. The molecule has 4 nitrogen and oxygen atoms in total. The molecular formula is C24H20ClFO4. The molecule has 3 rings (SSSR count). The highest BCUT2D eigenvalue weighted by molar-refractivity contribution is 6.32. The minimum Gasteiger partial charge on any atom is -0.496 e. The molecule has 0 atom stereocenters. The van der Waals surface area contributed by atoms with Gasteiger partial charge in [-0.25, -0.2) is 4.39 Å². The number of methoxy groups -OCH3 is 2. The summed E-state index contributed by atoms with van der Waals surface area (Å²) in [5, 5.41) is 0.187. The molecule has 6 heteroatoms. The van der Waals surface area contributed by atoms with E-state index in [0.717, 1.165) is 11.1 Å². The molecule has 0 bridgehead atoms. The lowest BCUT2D eigenvalue weighted by Gasteiger charge is -2.12. The minimum absolute atomic E-state index is 0.163. The van der Waals surface area contributed by atoms with Gasteiger partial charge in [0.25, 0.3) is 0 Å². The van der Waals surface area contributed by atoms with Crippen LogP contribution in [0.3, 0.4) is 0 Å². The number of halogens is 2. The summed E-state index contributed by atoms with van der Waals surface area (Å²) < 4.78 is 29.5. The van der Waals surface area contributed by atoms with E-state index < -0.39 is 5.82 Å². The van der Waals surface area contributed by atoms with Crippen LogP contribution in [-0.4, -0.2) is 20.0 Å². The van der Waals surface area contributed by atoms with Gasteiger partial charge in [-0.15, -0.1) is 0 Å². The number of para-hydroxylation sites is 1. The van der Waals surface area contributed by atoms with Crippen molar-refractivity contribution in [1.29, 1.82) is 0 Å². The Morgan fingerprint density at radius 3 is 2.43 bits per heavy atom. The van der Waals surface area contributed by atoms with Crippen LogP contribution < -0.4 is 14.2 Å². The molecule has 3 aromatic rings. The van der Waals surface area contributed by atoms with Crippen LogP contribution >= 0.6 is 11.6 Å². The largest absolute Gasteiger partial charge is 0.496 e. The van der Waals surface area contributed by atoms with Crippen molar-refractivity contribution in [3.05, 3.63) is 94.3 Å². The van der Waals surface area contributed by atoms with E-state index in [1.165, 1.54) is 31.4 Å². The zero-order valence-corrected chi connectivity index (χ0v) is 17.3. The van der Waals surface area contributed by atoms with E-state index in [1.807, 2.05) is 18.2 Å². The maximum absolute atomic E-state index is 13.2. The summed E-state index contributed by atoms with van der Waals surface area (Å²) in [6, 6.07) is 16.5. The average molecular weight is 427 g/mol. The second-order valence-electron chi connectivity index (χ2n) is 6.33. The highest BCUT2D eigenvalue weighted by atomic mass is 35.5. The van der Waals surface area contributed by atoms with Crippen molar-refractivity contribution in [3.8, 4) is 17.2 Å². The van der Waals surface area contributed by atoms with Gasteiger partial charge in [0.15, 0.2) is 5.78 Å². The van der Waals surface area contributed by atoms with Crippen LogP contribution in [-0.2, 0) is 6.61 Å². The first-order valence-corrected chi connectivity index (χ1v) is 9.50. The van der Waals surface area contributed by atoms with Gasteiger partial charge >= 0.3 is 0 Å². The quantitative estimate of drug-likeness (QED) is 0.329. The number of ketones is 1. The van der Waals surface area contributed by atoms with Gasteiger partial charge in [0, 0.05) is 5.56 Å². The van der Waals surface area contributed by atoms with Crippen molar-refractivity contribution in [2.24, 2.45) is 0 Å². The fraction of sp³-hybridized carbons (Fsp3) is 0.125. The molecule has 3 aromatic carbocycles. The summed E-state index contributed by atoms with van der Waals surface area (Å²) in [5.41, 5.74) is 2.03. The first-order chi connectivity index (χ1) is 14.5. The van der Waals surface area contributed by atoms with E-state index in [9.17, 15) is 9.18 Å². The van der Waals surface area contributed by atoms with E-state index in [-0.39, 0.29) is 17.4 Å². The Balaban J connectivity index is 1.78. The normalized spacial score (nSPS) is 10.8. The van der Waals surface area contributed by atoms with Crippen molar-refractivity contribution in [3.63, 3.8) is 0 Å². The van der Waals surface area contributed by atoms with Gasteiger partial charge in [-0.2, -0.15) is 0 Å². The molecule has 154 valence electrons. The van der Waals surface area contributed by atoms with Gasteiger partial charge in [0.05, 0.1) is 24.8 Å². The van der Waals surface area contributed by atoms with Crippen LogP contribution in [0.15, 0.2) is 66.7 Å². The lowest BCUT2D eigenvalue weighted by atomic mass is 10.1. The molecule has 0 aliphatic heterocycles. The lowest BCUT2D eigenvalue weighted by molar-refractivity contribution is 0.104. The molecule has 30 heavy (non-hydrogen) atoms. The molecular weight excluding hydrogens is 407 g/mol. The summed E-state index contributed by atoms with van der Waals surface area (Å²) >= 11 is 6.01. The summed E-state index contributed by atoms with van der Waals surface area (Å²) in [5.74, 6) is 0.914. The SMILES string of the molecule is COc1ccc(/C=C/C(=O)c2ccccc2OC)cc1COc1ccc(F)cc1Cl. The number of carbonyl (C=O) groups excluding carboxylic acids is 1. The Morgan fingerprint density at radius 1 is 0.967 bits per heavy atom. The molecule has 0 saturated heterocycles. The Labute approximate surface area is 179 Å². The van der Waals surface area contributed by atoms with Gasteiger partial charge in [-0.3, -0.25) is 4.79 Å². The monoisotopic (exact) mass is 426 g/mol. The van der Waals surface area contributed by atoms with Gasteiger partial charge in [0.2, 0.25) is 0 Å². The number of rotatable bonds is 8. The van der Waals surface area contributed by atoms with Crippen molar-refractivity contribution in [2.45, 2.75) is 6.61 Å². The van der Waals surface area contributed by atoms with Gasteiger partial charge in [0.1, 0.15) is 29.7 Å². The van der Waals surface area contributed by atoms with Crippen LogP contribution in [0, 0.1) is 5.82 Å². The molecule has 0 N–H and O–H groups in total. The fourth-order valence-corrected chi connectivity index (χ4v) is 3.09. The molecule has 0 amide bonds. The molecule has 0 heterocycles. The summed E-state index contributed by atoms with van der Waals surface area (Å²) in [6.07, 6.45) is 3.20. The zero-order chi connectivity index (χ0) is 21.5. The third kappa shape index (κ3) is 5.19. The molecule has 0 unspecified atom stereocenters. The zero-order valence-electron chi connectivity index (χ0n) is 16.5. The summed E-state index contributed by atoms with van der Waals surface area (Å²) in [7, 11) is 3.09. The first-order valence-electron chi connectivity index (χ1n) is 9.12. The van der Waals surface area contributed by atoms with Crippen LogP contribution in [0.2, 0.25) is 5.02 Å². The Hall–Kier alpha value is -3.31. The highest BCUT2D eigenvalue weighted by Crippen LogP contribution is 2.28. The second-order valence-corrected chi connectivity index (χ2v) is 6.74. The number of hydrogen-bond donors (Lipinski definition) is 0. The Morgan fingerprint density at radius 2 is 1.70 bits per heavy atom. The molecule has 0 fully saturated rings. The highest BCUT2D eigenvalue weighted by Gasteiger charge is 2.10. The van der Waals surface area contributed by atoms with E-state index in [4.69, 9.17) is 25.8 Å². The van der Waals surface area contributed by atoms with E-state index in [2.05, 4.69) is 0 Å². The molecule has 0 aliphatic rings. The van der Waals surface area contributed by atoms with E-state index >= 15 is 0 Å². The molecule has 0 spiro atoms. The lowest BCUT2D eigenvalue weighted by Crippen LogP contribution is -2.00. The Bertz CT molecular complexity index is 1080. The average Bonchev–Trinajstić information content (AvgIpc) is 2.76. The number of benzene rings is 3. The second kappa shape index (κ2) is 9.94. The van der Waals surface area contributed by atoms with Crippen LogP contribution in [0.1, 0.15) is 21.5 Å². The van der Waals surface area contributed by atoms with Gasteiger partial charge in [-0.05, 0) is 54.1 Å². The van der Waals surface area contributed by atoms with E-state index in [1.54, 1.807) is 37.5 Å². The van der Waals surface area contributed by atoms with Crippen molar-refractivity contribution in [2.75, 3.05) is 14.2 Å². The first kappa shape index (κ1) is 21.4. The molecule has 0 aliphatic carbocycles. The minimum atomic E-state index is -0.434. The predicted molar refractivity (Wildman–Crippen MR) is 115 cm³/mol. The van der Waals surface area contributed by atoms with Crippen LogP contribution in [0.4, 0.5) is 4.39 Å². The maximum Gasteiger partial charge on any atom is 0.189 e. The van der Waals surface area contributed by atoms with E-state index in [0.29, 0.717) is 22.8 Å². The molecule has 0 radical (unpaired) electrons. The third-order valence-electron chi connectivity index (χ3n) is 4.38. The summed E-state index contributed by atoms with van der Waals surface area (Å²) in [6.45, 7) is 0.163. The fourth-order valence-electron chi connectivity index (χ4n) is 2.87. The van der Waals surface area contributed by atoms with Crippen molar-refractivity contribution in [1.82, 2.24) is 0 Å². The van der Waals surface area contributed by atoms with Crippen molar-refractivity contribution >= 4 is 23.5 Å². The summed E-state index contributed by atoms with van der Waals surface area (Å²) in [4.78, 5) is 12.5. The van der Waals surface area contributed by atoms with Gasteiger partial charge < -0.3 is 14.2 Å². The van der Waals surface area contributed by atoms with Crippen LogP contribution in [0.5, 0.6) is 17.2 Å². The topological polar surface area (TPSA) is 44.8 Å². The van der Waals surface area contributed by atoms with Crippen LogP contribution in [0.25, 0.3) is 6.08 Å². The molecule has 0 saturated carbocycles. The van der Waals surface area contributed by atoms with Crippen molar-refractivity contribution < 1.29 is 23.4 Å². The Kier molecular flexibility index (Phi) is 7.09.